The van der Waals surface area contributed by atoms with Crippen LogP contribution in [-0.2, 0) is 11.3 Å². The summed E-state index contributed by atoms with van der Waals surface area (Å²) in [6.07, 6.45) is 1.58. The Kier molecular flexibility index (Phi) is 5.74. The van der Waals surface area contributed by atoms with Gasteiger partial charge in [-0.1, -0.05) is 17.7 Å². The highest BCUT2D eigenvalue weighted by Crippen LogP contribution is 2.24. The van der Waals surface area contributed by atoms with Gasteiger partial charge in [-0.3, -0.25) is 9.78 Å². The van der Waals surface area contributed by atoms with E-state index < -0.39 is 0 Å². The lowest BCUT2D eigenvalue weighted by atomic mass is 10.1. The van der Waals surface area contributed by atoms with E-state index in [1.165, 1.54) is 18.3 Å². The van der Waals surface area contributed by atoms with Crippen molar-refractivity contribution < 1.29 is 13.9 Å². The van der Waals surface area contributed by atoms with E-state index in [-0.39, 0.29) is 36.2 Å². The monoisotopic (exact) mass is 377 g/mol. The number of pyridine rings is 1. The Hall–Kier alpha value is -2.18. The van der Waals surface area contributed by atoms with Crippen LogP contribution in [0.5, 0.6) is 0 Å². The van der Waals surface area contributed by atoms with Crippen LogP contribution in [0.2, 0.25) is 5.02 Å². The third-order valence-corrected chi connectivity index (χ3v) is 4.42. The highest BCUT2D eigenvalue weighted by atomic mass is 35.5. The molecule has 0 unspecified atom stereocenters. The van der Waals surface area contributed by atoms with Gasteiger partial charge in [0, 0.05) is 30.9 Å². The number of hydrogen-bond donors (Lipinski definition) is 1. The summed E-state index contributed by atoms with van der Waals surface area (Å²) in [5.41, 5.74) is 1.46. The molecule has 1 saturated heterocycles. The predicted molar refractivity (Wildman–Crippen MR) is 99.0 cm³/mol. The number of nitrogens with one attached hydrogen (secondary N) is 1. The van der Waals surface area contributed by atoms with Crippen LogP contribution < -0.4 is 10.2 Å². The van der Waals surface area contributed by atoms with E-state index in [4.69, 9.17) is 16.3 Å². The maximum atomic E-state index is 14.6. The minimum absolute atomic E-state index is 0.0577. The van der Waals surface area contributed by atoms with Crippen LogP contribution in [0.4, 0.5) is 10.1 Å². The average Bonchev–Trinajstić information content (AvgIpc) is 2.59. The first-order chi connectivity index (χ1) is 12.4. The van der Waals surface area contributed by atoms with Crippen LogP contribution in [0, 0.1) is 5.82 Å². The number of carbonyl (C=O) groups excluding carboxylic acids is 1. The number of ether oxygens (including phenoxy) is 1. The van der Waals surface area contributed by atoms with E-state index in [9.17, 15) is 9.18 Å². The summed E-state index contributed by atoms with van der Waals surface area (Å²) in [7, 11) is 0. The number of halogens is 2. The molecule has 3 rings (SSSR count). The Labute approximate surface area is 157 Å². The van der Waals surface area contributed by atoms with Gasteiger partial charge in [-0.15, -0.1) is 0 Å². The minimum Gasteiger partial charge on any atom is -0.372 e. The van der Waals surface area contributed by atoms with E-state index in [1.807, 2.05) is 24.8 Å². The number of nitrogens with zero attached hydrogens (tertiary/aromatic N) is 2. The molecule has 0 bridgehead atoms. The van der Waals surface area contributed by atoms with Crippen molar-refractivity contribution >= 4 is 23.2 Å². The summed E-state index contributed by atoms with van der Waals surface area (Å²) >= 11 is 5.86. The highest BCUT2D eigenvalue weighted by molar-refractivity contribution is 6.30. The topological polar surface area (TPSA) is 54.5 Å². The number of amides is 1. The molecular weight excluding hydrogens is 357 g/mol. The van der Waals surface area contributed by atoms with E-state index in [0.717, 1.165) is 0 Å². The van der Waals surface area contributed by atoms with E-state index in [2.05, 4.69) is 10.3 Å². The van der Waals surface area contributed by atoms with Gasteiger partial charge in [0.15, 0.2) is 0 Å². The molecule has 5 nitrogen and oxygen atoms in total. The zero-order chi connectivity index (χ0) is 18.7. The molecule has 0 saturated carbocycles. The van der Waals surface area contributed by atoms with E-state index in [1.54, 1.807) is 12.1 Å². The third-order valence-electron chi connectivity index (χ3n) is 4.18. The molecule has 1 aromatic heterocycles. The zero-order valence-corrected chi connectivity index (χ0v) is 15.5. The first-order valence-electron chi connectivity index (χ1n) is 8.51. The molecule has 138 valence electrons. The predicted octanol–water partition coefficient (Wildman–Crippen LogP) is 3.42. The second-order valence-corrected chi connectivity index (χ2v) is 6.93. The quantitative estimate of drug-likeness (QED) is 0.887. The molecule has 1 aliphatic heterocycles. The Morgan fingerprint density at radius 2 is 2.04 bits per heavy atom. The van der Waals surface area contributed by atoms with Crippen LogP contribution in [0.25, 0.3) is 0 Å². The van der Waals surface area contributed by atoms with Gasteiger partial charge in [0.2, 0.25) is 0 Å². The van der Waals surface area contributed by atoms with Crippen molar-refractivity contribution in [2.75, 3.05) is 18.0 Å². The largest absolute Gasteiger partial charge is 0.372 e. The van der Waals surface area contributed by atoms with Crippen molar-refractivity contribution in [2.24, 2.45) is 0 Å². The molecule has 0 spiro atoms. The summed E-state index contributed by atoms with van der Waals surface area (Å²) in [6, 6.07) is 8.10. The molecule has 1 fully saturated rings. The highest BCUT2D eigenvalue weighted by Gasteiger charge is 2.24. The van der Waals surface area contributed by atoms with Crippen LogP contribution in [0.3, 0.4) is 0 Å². The smallest absolute Gasteiger partial charge is 0.270 e. The third kappa shape index (κ3) is 4.51. The molecular formula is C19H21ClFN3O2. The Morgan fingerprint density at radius 1 is 1.31 bits per heavy atom. The van der Waals surface area contributed by atoms with Crippen LogP contribution in [0.1, 0.15) is 29.9 Å². The lowest BCUT2D eigenvalue weighted by Crippen LogP contribution is -2.45. The molecule has 1 aromatic carbocycles. The van der Waals surface area contributed by atoms with Gasteiger partial charge in [0.05, 0.1) is 17.9 Å². The van der Waals surface area contributed by atoms with Crippen molar-refractivity contribution in [3.05, 3.63) is 58.6 Å². The average molecular weight is 378 g/mol. The van der Waals surface area contributed by atoms with Crippen molar-refractivity contribution in [1.29, 1.82) is 0 Å². The Morgan fingerprint density at radius 3 is 2.69 bits per heavy atom. The van der Waals surface area contributed by atoms with Gasteiger partial charge in [0.25, 0.3) is 5.91 Å². The Balaban J connectivity index is 1.65. The number of carbonyl (C=O) groups is 1. The number of anilines is 1. The molecule has 26 heavy (non-hydrogen) atoms. The molecule has 0 radical (unpaired) electrons. The standard InChI is InChI=1S/C19H21ClFN3O2/c1-12-10-24(11-13(2)26-12)18-4-3-14(7-16(18)21)9-23-19(25)17-8-15(20)5-6-22-17/h3-8,12-13H,9-11H2,1-2H3,(H,23,25)/t12-,13-/m1/s1. The number of benzene rings is 1. The van der Waals surface area contributed by atoms with Gasteiger partial charge < -0.3 is 15.0 Å². The lowest BCUT2D eigenvalue weighted by Gasteiger charge is -2.37. The van der Waals surface area contributed by atoms with E-state index >= 15 is 0 Å². The molecule has 2 atom stereocenters. The number of aromatic nitrogens is 1. The molecule has 1 aliphatic rings. The minimum atomic E-state index is -0.354. The van der Waals surface area contributed by atoms with Crippen molar-refractivity contribution in [1.82, 2.24) is 10.3 Å². The van der Waals surface area contributed by atoms with Crippen molar-refractivity contribution in [3.8, 4) is 0 Å². The first-order valence-corrected chi connectivity index (χ1v) is 8.89. The van der Waals surface area contributed by atoms with Crippen LogP contribution >= 0.6 is 11.6 Å². The summed E-state index contributed by atoms with van der Waals surface area (Å²) in [5.74, 6) is -0.660. The summed E-state index contributed by atoms with van der Waals surface area (Å²) < 4.78 is 20.3. The molecule has 7 heteroatoms. The summed E-state index contributed by atoms with van der Waals surface area (Å²) in [4.78, 5) is 18.1. The van der Waals surface area contributed by atoms with Crippen molar-refractivity contribution in [3.63, 3.8) is 0 Å². The molecule has 1 N–H and O–H groups in total. The van der Waals surface area contributed by atoms with Gasteiger partial charge in [0.1, 0.15) is 11.5 Å². The lowest BCUT2D eigenvalue weighted by molar-refractivity contribution is -0.00539. The van der Waals surface area contributed by atoms with Gasteiger partial charge in [-0.25, -0.2) is 4.39 Å². The maximum absolute atomic E-state index is 14.6. The van der Waals surface area contributed by atoms with E-state index in [0.29, 0.717) is 29.4 Å². The normalized spacial score (nSPS) is 20.1. The van der Waals surface area contributed by atoms with Gasteiger partial charge in [-0.2, -0.15) is 0 Å². The maximum Gasteiger partial charge on any atom is 0.270 e. The fraction of sp³-hybridized carbons (Fsp3) is 0.368. The number of hydrogen-bond acceptors (Lipinski definition) is 4. The SMILES string of the molecule is C[C@@H]1CN(c2ccc(CNC(=O)c3cc(Cl)ccn3)cc2F)C[C@@H](C)O1. The molecule has 0 aliphatic carbocycles. The van der Waals surface area contributed by atoms with Gasteiger partial charge >= 0.3 is 0 Å². The van der Waals surface area contributed by atoms with Crippen molar-refractivity contribution in [2.45, 2.75) is 32.6 Å². The fourth-order valence-corrected chi connectivity index (χ4v) is 3.25. The Bertz CT molecular complexity index is 792. The fourth-order valence-electron chi connectivity index (χ4n) is 3.09. The second-order valence-electron chi connectivity index (χ2n) is 6.49. The summed E-state index contributed by atoms with van der Waals surface area (Å²) in [5, 5.41) is 3.16. The first kappa shape index (κ1) is 18.6. The summed E-state index contributed by atoms with van der Waals surface area (Å²) in [6.45, 7) is 5.47. The number of morpholine rings is 1. The van der Waals surface area contributed by atoms with Crippen LogP contribution in [-0.4, -0.2) is 36.2 Å². The molecule has 2 heterocycles. The van der Waals surface area contributed by atoms with Crippen LogP contribution in [0.15, 0.2) is 36.5 Å². The second kappa shape index (κ2) is 8.01. The van der Waals surface area contributed by atoms with Gasteiger partial charge in [-0.05, 0) is 43.7 Å². The molecule has 2 aromatic rings. The zero-order valence-electron chi connectivity index (χ0n) is 14.7. The number of rotatable bonds is 4. The molecule has 1 amide bonds.